The average molecular weight is 278 g/mol. The number of hydrogen-bond acceptors (Lipinski definition) is 6. The van der Waals surface area contributed by atoms with E-state index in [0.29, 0.717) is 6.04 Å². The Balaban J connectivity index is 1.82. The third-order valence-electron chi connectivity index (χ3n) is 4.13. The third kappa shape index (κ3) is 2.23. The molecular formula is C13H18N4O3. The number of anilines is 1. The van der Waals surface area contributed by atoms with E-state index in [1.807, 2.05) is 6.92 Å². The largest absolute Gasteiger partial charge is 0.373 e. The predicted molar refractivity (Wildman–Crippen MR) is 74.0 cm³/mol. The predicted octanol–water partition coefficient (Wildman–Crippen LogP) is 0.817. The summed E-state index contributed by atoms with van der Waals surface area (Å²) < 4.78 is 5.81. The average Bonchev–Trinajstić information content (AvgIpc) is 2.83. The number of hydrogen-bond donors (Lipinski definition) is 0. The molecular weight excluding hydrogens is 260 g/mol. The van der Waals surface area contributed by atoms with Crippen molar-refractivity contribution in [2.24, 2.45) is 0 Å². The van der Waals surface area contributed by atoms with Gasteiger partial charge in [-0.3, -0.25) is 15.0 Å². The normalized spacial score (nSPS) is 26.6. The van der Waals surface area contributed by atoms with Crippen molar-refractivity contribution in [2.45, 2.75) is 19.1 Å². The minimum atomic E-state index is -0.412. The van der Waals surface area contributed by atoms with Gasteiger partial charge in [-0.1, -0.05) is 0 Å². The Kier molecular flexibility index (Phi) is 3.31. The van der Waals surface area contributed by atoms with Crippen molar-refractivity contribution >= 4 is 11.5 Å². The fraction of sp³-hybridized carbons (Fsp3) is 0.615. The minimum Gasteiger partial charge on any atom is -0.373 e. The fourth-order valence-electron chi connectivity index (χ4n) is 3.01. The standard InChI is InChI=1S/C13H18N4O3/c1-9-5-10(17(18)19)6-14-13(9)16-7-11-12(8-16)20-4-3-15(11)2/h5-6,11-12H,3-4,7-8H2,1-2H3. The molecule has 2 fully saturated rings. The van der Waals surface area contributed by atoms with Crippen molar-refractivity contribution in [1.29, 1.82) is 0 Å². The SMILES string of the molecule is Cc1cc([N+](=O)[O-])cnc1N1CC2OCCN(C)C2C1. The van der Waals surface area contributed by atoms with Gasteiger partial charge >= 0.3 is 0 Å². The van der Waals surface area contributed by atoms with Gasteiger partial charge in [-0.25, -0.2) is 4.98 Å². The van der Waals surface area contributed by atoms with Gasteiger partial charge in [-0.15, -0.1) is 0 Å². The van der Waals surface area contributed by atoms with Crippen molar-refractivity contribution in [2.75, 3.05) is 38.2 Å². The summed E-state index contributed by atoms with van der Waals surface area (Å²) in [5.74, 6) is 0.821. The molecule has 0 N–H and O–H groups in total. The van der Waals surface area contributed by atoms with Crippen LogP contribution in [0.4, 0.5) is 11.5 Å². The lowest BCUT2D eigenvalue weighted by atomic mass is 10.1. The van der Waals surface area contributed by atoms with Gasteiger partial charge in [0.25, 0.3) is 5.69 Å². The van der Waals surface area contributed by atoms with Crippen molar-refractivity contribution in [3.8, 4) is 0 Å². The van der Waals surface area contributed by atoms with Crippen molar-refractivity contribution in [1.82, 2.24) is 9.88 Å². The number of nitrogens with zero attached hydrogens (tertiary/aromatic N) is 4. The molecule has 108 valence electrons. The number of ether oxygens (including phenoxy) is 1. The first-order chi connectivity index (χ1) is 9.56. The zero-order valence-electron chi connectivity index (χ0n) is 11.7. The molecule has 0 saturated carbocycles. The number of pyridine rings is 1. The highest BCUT2D eigenvalue weighted by Crippen LogP contribution is 2.28. The van der Waals surface area contributed by atoms with Crippen LogP contribution in [0.1, 0.15) is 5.56 Å². The Morgan fingerprint density at radius 2 is 2.30 bits per heavy atom. The van der Waals surface area contributed by atoms with E-state index >= 15 is 0 Å². The third-order valence-corrected chi connectivity index (χ3v) is 4.13. The molecule has 7 nitrogen and oxygen atoms in total. The molecule has 0 aliphatic carbocycles. The number of aromatic nitrogens is 1. The minimum absolute atomic E-state index is 0.0382. The molecule has 20 heavy (non-hydrogen) atoms. The highest BCUT2D eigenvalue weighted by molar-refractivity contribution is 5.51. The van der Waals surface area contributed by atoms with Gasteiger partial charge in [0.2, 0.25) is 0 Å². The molecule has 0 radical (unpaired) electrons. The molecule has 3 heterocycles. The molecule has 2 aliphatic rings. The second-order valence-corrected chi connectivity index (χ2v) is 5.45. The first-order valence-electron chi connectivity index (χ1n) is 6.74. The van der Waals surface area contributed by atoms with Crippen LogP contribution in [0.2, 0.25) is 0 Å². The molecule has 2 aliphatic heterocycles. The van der Waals surface area contributed by atoms with Gasteiger partial charge in [0.1, 0.15) is 12.0 Å². The lowest BCUT2D eigenvalue weighted by Gasteiger charge is -2.33. The molecule has 0 spiro atoms. The summed E-state index contributed by atoms with van der Waals surface area (Å²) in [5.41, 5.74) is 0.872. The van der Waals surface area contributed by atoms with Crippen molar-refractivity contribution < 1.29 is 9.66 Å². The summed E-state index contributed by atoms with van der Waals surface area (Å²) in [6.07, 6.45) is 1.53. The summed E-state index contributed by atoms with van der Waals surface area (Å²) in [6, 6.07) is 1.95. The highest BCUT2D eigenvalue weighted by atomic mass is 16.6. The maximum atomic E-state index is 10.8. The van der Waals surface area contributed by atoms with E-state index in [2.05, 4.69) is 21.8 Å². The van der Waals surface area contributed by atoms with E-state index in [1.54, 1.807) is 6.07 Å². The Bertz CT molecular complexity index is 536. The van der Waals surface area contributed by atoms with Crippen molar-refractivity contribution in [3.63, 3.8) is 0 Å². The van der Waals surface area contributed by atoms with Crippen LogP contribution in [0.3, 0.4) is 0 Å². The zero-order chi connectivity index (χ0) is 14.3. The van der Waals surface area contributed by atoms with E-state index in [0.717, 1.165) is 37.6 Å². The van der Waals surface area contributed by atoms with Crippen LogP contribution in [0.15, 0.2) is 12.3 Å². The van der Waals surface area contributed by atoms with Gasteiger partial charge in [-0.05, 0) is 19.5 Å². The molecule has 2 saturated heterocycles. The van der Waals surface area contributed by atoms with Crippen molar-refractivity contribution in [3.05, 3.63) is 27.9 Å². The first kappa shape index (κ1) is 13.3. The maximum absolute atomic E-state index is 10.8. The smallest absolute Gasteiger partial charge is 0.287 e. The number of nitro groups is 1. The van der Waals surface area contributed by atoms with Crippen LogP contribution >= 0.6 is 0 Å². The van der Waals surface area contributed by atoms with E-state index < -0.39 is 4.92 Å². The van der Waals surface area contributed by atoms with Gasteiger partial charge in [0.05, 0.1) is 23.7 Å². The summed E-state index contributed by atoms with van der Waals surface area (Å²) in [6.45, 7) is 5.22. The molecule has 7 heteroatoms. The molecule has 2 atom stereocenters. The Hall–Kier alpha value is -1.73. The van der Waals surface area contributed by atoms with Gasteiger partial charge < -0.3 is 9.64 Å². The Morgan fingerprint density at radius 1 is 1.50 bits per heavy atom. The molecule has 2 unspecified atom stereocenters. The van der Waals surface area contributed by atoms with Gasteiger partial charge in [0.15, 0.2) is 0 Å². The number of morpholine rings is 1. The number of rotatable bonds is 2. The number of aryl methyl sites for hydroxylation is 1. The lowest BCUT2D eigenvalue weighted by molar-refractivity contribution is -0.385. The Morgan fingerprint density at radius 3 is 2.95 bits per heavy atom. The summed E-state index contributed by atoms with van der Waals surface area (Å²) in [4.78, 5) is 19.1. The number of likely N-dealkylation sites (N-methyl/N-ethyl adjacent to an activating group) is 1. The van der Waals surface area contributed by atoms with E-state index in [-0.39, 0.29) is 11.8 Å². The fourth-order valence-corrected chi connectivity index (χ4v) is 3.01. The lowest BCUT2D eigenvalue weighted by Crippen LogP contribution is -2.48. The molecule has 1 aromatic rings. The summed E-state index contributed by atoms with van der Waals surface area (Å²) in [7, 11) is 2.11. The van der Waals surface area contributed by atoms with Crippen LogP contribution in [0.5, 0.6) is 0 Å². The highest BCUT2D eigenvalue weighted by Gasteiger charge is 2.39. The van der Waals surface area contributed by atoms with Crippen LogP contribution in [-0.4, -0.2) is 60.2 Å². The zero-order valence-corrected chi connectivity index (χ0v) is 11.7. The van der Waals surface area contributed by atoms with Crippen LogP contribution in [0.25, 0.3) is 0 Å². The molecule has 0 aromatic carbocycles. The van der Waals surface area contributed by atoms with Crippen LogP contribution in [0, 0.1) is 17.0 Å². The van der Waals surface area contributed by atoms with E-state index in [9.17, 15) is 10.1 Å². The second kappa shape index (κ2) is 4.99. The van der Waals surface area contributed by atoms with E-state index in [4.69, 9.17) is 4.74 Å². The number of fused-ring (bicyclic) bond motifs is 1. The van der Waals surface area contributed by atoms with Crippen LogP contribution < -0.4 is 4.90 Å². The maximum Gasteiger partial charge on any atom is 0.287 e. The van der Waals surface area contributed by atoms with E-state index in [1.165, 1.54) is 6.20 Å². The quantitative estimate of drug-likeness (QED) is 0.589. The van der Waals surface area contributed by atoms with Gasteiger partial charge in [0, 0.05) is 25.7 Å². The second-order valence-electron chi connectivity index (χ2n) is 5.45. The molecule has 3 rings (SSSR count). The monoisotopic (exact) mass is 278 g/mol. The van der Waals surface area contributed by atoms with Gasteiger partial charge in [-0.2, -0.15) is 0 Å². The summed E-state index contributed by atoms with van der Waals surface area (Å²) >= 11 is 0. The summed E-state index contributed by atoms with van der Waals surface area (Å²) in [5, 5.41) is 10.8. The first-order valence-corrected chi connectivity index (χ1v) is 6.74. The Labute approximate surface area is 117 Å². The molecule has 0 bridgehead atoms. The molecule has 1 aromatic heterocycles. The van der Waals surface area contributed by atoms with Crippen LogP contribution in [-0.2, 0) is 4.74 Å². The topological polar surface area (TPSA) is 71.7 Å². The molecule has 0 amide bonds.